The summed E-state index contributed by atoms with van der Waals surface area (Å²) in [4.78, 5) is 32.5. The van der Waals surface area contributed by atoms with Gasteiger partial charge in [-0.2, -0.15) is 5.26 Å². The summed E-state index contributed by atoms with van der Waals surface area (Å²) in [6.45, 7) is -1.90. The van der Waals surface area contributed by atoms with Gasteiger partial charge >= 0.3 is 0 Å². The zero-order valence-corrected chi connectivity index (χ0v) is 14.7. The van der Waals surface area contributed by atoms with Gasteiger partial charge in [-0.1, -0.05) is 42.5 Å². The van der Waals surface area contributed by atoms with E-state index in [1.54, 1.807) is 0 Å². The minimum absolute atomic E-state index is 0.00924. The van der Waals surface area contributed by atoms with Gasteiger partial charge in [0.05, 0.1) is 14.4 Å². The van der Waals surface area contributed by atoms with Crippen molar-refractivity contribution in [2.24, 2.45) is 0 Å². The summed E-state index contributed by atoms with van der Waals surface area (Å²) in [6.07, 6.45) is 1.07. The number of hydrogen-bond acceptors (Lipinski definition) is 5. The minimum atomic E-state index is -2.20. The zero-order valence-electron chi connectivity index (χ0n) is 16.7. The third-order valence-corrected chi connectivity index (χ3v) is 3.76. The van der Waals surface area contributed by atoms with Crippen LogP contribution in [0.2, 0.25) is 0 Å². The van der Waals surface area contributed by atoms with Crippen LogP contribution in [0.15, 0.2) is 67.0 Å². The van der Waals surface area contributed by atoms with E-state index >= 15 is 0 Å². The third-order valence-electron chi connectivity index (χ3n) is 3.76. The van der Waals surface area contributed by atoms with Crippen molar-refractivity contribution in [3.8, 4) is 6.07 Å². The molecule has 0 saturated heterocycles. The number of aromatic nitrogens is 2. The van der Waals surface area contributed by atoms with Crippen LogP contribution in [-0.4, -0.2) is 21.8 Å². The maximum absolute atomic E-state index is 12.5. The Morgan fingerprint density at radius 3 is 2.21 bits per heavy atom. The predicted molar refractivity (Wildman–Crippen MR) is 102 cm³/mol. The molecule has 0 aliphatic rings. The molecule has 28 heavy (non-hydrogen) atoms. The van der Waals surface area contributed by atoms with Crippen LogP contribution < -0.4 is 10.6 Å². The maximum atomic E-state index is 12.5. The van der Waals surface area contributed by atoms with Crippen LogP contribution >= 0.6 is 0 Å². The van der Waals surface area contributed by atoms with Crippen molar-refractivity contribution < 1.29 is 12.3 Å². The van der Waals surface area contributed by atoms with Gasteiger partial charge in [0, 0.05) is 19.1 Å². The first-order valence-corrected chi connectivity index (χ1v) is 8.36. The minimum Gasteiger partial charge on any atom is -0.347 e. The number of carbonyl (C=O) groups is 2. The molecule has 3 rings (SSSR count). The summed E-state index contributed by atoms with van der Waals surface area (Å²) in [5.41, 5.74) is 1.30. The molecule has 3 aromatic rings. The van der Waals surface area contributed by atoms with E-state index in [0.29, 0.717) is 12.1 Å². The molecular weight excluding hydrogens is 354 g/mol. The summed E-state index contributed by atoms with van der Waals surface area (Å²) >= 11 is 0. The molecule has 2 aromatic carbocycles. The Bertz CT molecular complexity index is 1100. The Morgan fingerprint density at radius 2 is 1.57 bits per heavy atom. The molecule has 0 unspecified atom stereocenters. The molecular formula is C21H17N5O2. The van der Waals surface area contributed by atoms with Gasteiger partial charge in [-0.15, -0.1) is 0 Å². The zero-order chi connectivity index (χ0) is 21.6. The molecule has 0 fully saturated rings. The van der Waals surface area contributed by atoms with Crippen LogP contribution in [0, 0.1) is 11.3 Å². The van der Waals surface area contributed by atoms with E-state index < -0.39 is 18.3 Å². The fourth-order valence-electron chi connectivity index (χ4n) is 2.30. The number of nitriles is 1. The molecule has 0 aliphatic heterocycles. The Kier molecular flexibility index (Phi) is 5.22. The lowest BCUT2D eigenvalue weighted by Gasteiger charge is -2.07. The fourth-order valence-corrected chi connectivity index (χ4v) is 2.30. The Morgan fingerprint density at radius 1 is 0.929 bits per heavy atom. The summed E-state index contributed by atoms with van der Waals surface area (Å²) in [5.74, 6) is -1.28. The predicted octanol–water partition coefficient (Wildman–Crippen LogP) is 2.21. The quantitative estimate of drug-likeness (QED) is 0.689. The van der Waals surface area contributed by atoms with Crippen LogP contribution in [0.1, 0.15) is 40.4 Å². The molecule has 7 heteroatoms. The van der Waals surface area contributed by atoms with Crippen molar-refractivity contribution in [3.05, 3.63) is 95.1 Å². The summed E-state index contributed by atoms with van der Waals surface area (Å²) in [7, 11) is 0. The molecule has 138 valence electrons. The van der Waals surface area contributed by atoms with Crippen molar-refractivity contribution in [1.29, 1.82) is 5.26 Å². The van der Waals surface area contributed by atoms with Gasteiger partial charge in [-0.3, -0.25) is 9.59 Å². The fraction of sp³-hybridized carbons (Fsp3) is 0.0952. The number of amides is 2. The second-order valence-corrected chi connectivity index (χ2v) is 5.73. The molecule has 2 N–H and O–H groups in total. The molecule has 0 atom stereocenters. The maximum Gasteiger partial charge on any atom is 0.270 e. The standard InChI is InChI=1S/C21H17N5O2/c22-11-15-6-8-17(9-7-15)13-24-21(28)19-10-18(25-14-26-19)20(27)23-12-16-4-2-1-3-5-16/h1-10,14H,12-13H2,(H,23,27)(H,24,28)/i13D2. The van der Waals surface area contributed by atoms with Crippen molar-refractivity contribution >= 4 is 11.8 Å². The SMILES string of the molecule is [2H]C([2H])(NC(=O)c1cc(C(=O)NCc2ccccc2)ncn1)c1ccc(C#N)cc1. The van der Waals surface area contributed by atoms with Crippen LogP contribution in [0.4, 0.5) is 0 Å². The monoisotopic (exact) mass is 373 g/mol. The van der Waals surface area contributed by atoms with Crippen LogP contribution in [-0.2, 0) is 13.0 Å². The first-order chi connectivity index (χ1) is 14.4. The first kappa shape index (κ1) is 16.1. The van der Waals surface area contributed by atoms with Gasteiger partial charge in [0.1, 0.15) is 17.7 Å². The number of carbonyl (C=O) groups excluding carboxylic acids is 2. The smallest absolute Gasteiger partial charge is 0.270 e. The molecule has 1 heterocycles. The van der Waals surface area contributed by atoms with E-state index in [-0.39, 0.29) is 17.0 Å². The molecule has 7 nitrogen and oxygen atoms in total. The van der Waals surface area contributed by atoms with Gasteiger partial charge < -0.3 is 10.6 Å². The third kappa shape index (κ3) is 4.99. The number of nitrogens with one attached hydrogen (secondary N) is 2. The molecule has 0 bridgehead atoms. The lowest BCUT2D eigenvalue weighted by Crippen LogP contribution is -2.27. The van der Waals surface area contributed by atoms with Crippen molar-refractivity contribution in [3.63, 3.8) is 0 Å². The summed E-state index contributed by atoms with van der Waals surface area (Å²) in [5, 5.41) is 13.8. The number of hydrogen-bond donors (Lipinski definition) is 2. The highest BCUT2D eigenvalue weighted by molar-refractivity contribution is 5.97. The van der Waals surface area contributed by atoms with Gasteiger partial charge in [0.2, 0.25) is 0 Å². The summed E-state index contributed by atoms with van der Waals surface area (Å²) < 4.78 is 16.2. The van der Waals surface area contributed by atoms with Crippen molar-refractivity contribution in [1.82, 2.24) is 20.6 Å². The molecule has 0 spiro atoms. The average molecular weight is 373 g/mol. The normalized spacial score (nSPS) is 11.5. The first-order valence-electron chi connectivity index (χ1n) is 9.36. The number of nitrogens with zero attached hydrogens (tertiary/aromatic N) is 3. The van der Waals surface area contributed by atoms with E-state index in [4.69, 9.17) is 8.00 Å². The van der Waals surface area contributed by atoms with Gasteiger partial charge in [-0.05, 0) is 23.3 Å². The van der Waals surface area contributed by atoms with E-state index in [0.717, 1.165) is 11.9 Å². The Balaban J connectivity index is 1.69. The van der Waals surface area contributed by atoms with E-state index in [1.807, 2.05) is 36.4 Å². The molecule has 0 saturated carbocycles. The highest BCUT2D eigenvalue weighted by atomic mass is 16.2. The Hall–Kier alpha value is -4.05. The molecule has 1 aromatic heterocycles. The van der Waals surface area contributed by atoms with Gasteiger partial charge in [-0.25, -0.2) is 9.97 Å². The Labute approximate surface area is 164 Å². The van der Waals surface area contributed by atoms with Crippen molar-refractivity contribution in [2.75, 3.05) is 0 Å². The van der Waals surface area contributed by atoms with Crippen LogP contribution in [0.25, 0.3) is 0 Å². The second-order valence-electron chi connectivity index (χ2n) is 5.73. The number of benzene rings is 2. The molecule has 0 radical (unpaired) electrons. The average Bonchev–Trinajstić information content (AvgIpc) is 2.78. The lowest BCUT2D eigenvalue weighted by molar-refractivity contribution is 0.0944. The van der Waals surface area contributed by atoms with E-state index in [1.165, 1.54) is 30.3 Å². The van der Waals surface area contributed by atoms with Gasteiger partial charge in [0.15, 0.2) is 0 Å². The highest BCUT2D eigenvalue weighted by Crippen LogP contribution is 2.05. The molecule has 0 aliphatic carbocycles. The summed E-state index contributed by atoms with van der Waals surface area (Å²) in [6, 6.07) is 18.2. The topological polar surface area (TPSA) is 108 Å². The van der Waals surface area contributed by atoms with E-state index in [9.17, 15) is 9.59 Å². The van der Waals surface area contributed by atoms with Crippen LogP contribution in [0.5, 0.6) is 0 Å². The number of rotatable bonds is 6. The van der Waals surface area contributed by atoms with E-state index in [2.05, 4.69) is 20.6 Å². The van der Waals surface area contributed by atoms with Crippen molar-refractivity contribution in [2.45, 2.75) is 13.0 Å². The van der Waals surface area contributed by atoms with Crippen LogP contribution in [0.3, 0.4) is 0 Å². The molecule has 2 amide bonds. The largest absolute Gasteiger partial charge is 0.347 e. The highest BCUT2D eigenvalue weighted by Gasteiger charge is 2.13. The second kappa shape index (κ2) is 9.05. The lowest BCUT2D eigenvalue weighted by atomic mass is 10.1. The van der Waals surface area contributed by atoms with Gasteiger partial charge in [0.25, 0.3) is 11.8 Å².